The van der Waals surface area contributed by atoms with Crippen molar-refractivity contribution in [3.8, 4) is 0 Å². The van der Waals surface area contributed by atoms with E-state index in [1.165, 1.54) is 17.4 Å². The minimum atomic E-state index is -4.53. The third-order valence-electron chi connectivity index (χ3n) is 1.73. The Bertz CT molecular complexity index is 399. The summed E-state index contributed by atoms with van der Waals surface area (Å²) in [6.07, 6.45) is -4.53. The number of alkyl halides is 3. The van der Waals surface area contributed by atoms with E-state index in [1.807, 2.05) is 5.32 Å². The van der Waals surface area contributed by atoms with Gasteiger partial charge in [-0.3, -0.25) is 0 Å². The number of para-hydroxylation sites is 1. The zero-order chi connectivity index (χ0) is 13.1. The van der Waals surface area contributed by atoms with Gasteiger partial charge in [-0.05, 0) is 12.1 Å². The molecule has 17 heavy (non-hydrogen) atoms. The molecule has 0 radical (unpaired) electrons. The zero-order valence-electron chi connectivity index (χ0n) is 8.44. The molecule has 8 heteroatoms. The molecule has 0 aliphatic rings. The Morgan fingerprint density at radius 3 is 2.53 bits per heavy atom. The number of hydrogen-bond donors (Lipinski definition) is 3. The highest BCUT2D eigenvalue weighted by molar-refractivity contribution is 5.92. The number of carbonyl (C=O) groups is 1. The van der Waals surface area contributed by atoms with Crippen LogP contribution in [-0.4, -0.2) is 18.8 Å². The van der Waals surface area contributed by atoms with Gasteiger partial charge in [0.2, 0.25) is 0 Å². The second kappa shape index (κ2) is 4.89. The number of benzene rings is 1. The van der Waals surface area contributed by atoms with E-state index in [-0.39, 0.29) is 11.4 Å². The predicted octanol–water partition coefficient (Wildman–Crippen LogP) is 2.09. The molecule has 0 aliphatic carbocycles. The maximum Gasteiger partial charge on any atom is 0.405 e. The lowest BCUT2D eigenvalue weighted by Gasteiger charge is -2.11. The number of urea groups is 1. The summed E-state index contributed by atoms with van der Waals surface area (Å²) < 4.78 is 48.5. The molecular weight excluding hydrogens is 242 g/mol. The summed E-state index contributed by atoms with van der Waals surface area (Å²) >= 11 is 0. The highest BCUT2D eigenvalue weighted by Gasteiger charge is 2.27. The molecule has 0 aliphatic heterocycles. The van der Waals surface area contributed by atoms with Gasteiger partial charge in [0.1, 0.15) is 18.0 Å². The molecular formula is C9H9F4N3O. The minimum absolute atomic E-state index is 0.0767. The van der Waals surface area contributed by atoms with Crippen LogP contribution < -0.4 is 16.4 Å². The monoisotopic (exact) mass is 251 g/mol. The van der Waals surface area contributed by atoms with Crippen molar-refractivity contribution in [1.29, 1.82) is 0 Å². The SMILES string of the molecule is Nc1cccc(F)c1NC(=O)NCC(F)(F)F. The average molecular weight is 251 g/mol. The number of amides is 2. The van der Waals surface area contributed by atoms with Crippen LogP contribution in [0.3, 0.4) is 0 Å². The molecule has 0 aromatic heterocycles. The minimum Gasteiger partial charge on any atom is -0.397 e. The quantitative estimate of drug-likeness (QED) is 0.556. The summed E-state index contributed by atoms with van der Waals surface area (Å²) in [6.45, 7) is -1.51. The highest BCUT2D eigenvalue weighted by atomic mass is 19.4. The second-order valence-electron chi connectivity index (χ2n) is 3.13. The molecule has 1 aromatic rings. The van der Waals surface area contributed by atoms with E-state index in [9.17, 15) is 22.4 Å². The van der Waals surface area contributed by atoms with Crippen LogP contribution in [0, 0.1) is 5.82 Å². The summed E-state index contributed by atoms with van der Waals surface area (Å²) in [6, 6.07) is 2.46. The molecule has 94 valence electrons. The first-order chi connectivity index (χ1) is 7.79. The first-order valence-corrected chi connectivity index (χ1v) is 4.45. The molecule has 0 atom stereocenters. The van der Waals surface area contributed by atoms with Gasteiger partial charge in [0.15, 0.2) is 0 Å². The average Bonchev–Trinajstić information content (AvgIpc) is 2.20. The summed E-state index contributed by atoms with van der Waals surface area (Å²) in [7, 11) is 0. The van der Waals surface area contributed by atoms with Gasteiger partial charge in [0.25, 0.3) is 0 Å². The standard InChI is InChI=1S/C9H9F4N3O/c10-5-2-1-3-6(14)7(5)16-8(17)15-4-9(11,12)13/h1-3H,4,14H2,(H2,15,16,17). The van der Waals surface area contributed by atoms with E-state index in [4.69, 9.17) is 5.73 Å². The smallest absolute Gasteiger partial charge is 0.397 e. The number of anilines is 2. The molecule has 1 aromatic carbocycles. The number of nitrogens with one attached hydrogen (secondary N) is 2. The van der Waals surface area contributed by atoms with Crippen molar-refractivity contribution in [3.05, 3.63) is 24.0 Å². The molecule has 0 saturated carbocycles. The topological polar surface area (TPSA) is 67.1 Å². The van der Waals surface area contributed by atoms with Gasteiger partial charge in [0.05, 0.1) is 5.69 Å². The number of nitrogens with two attached hydrogens (primary N) is 1. The summed E-state index contributed by atoms with van der Waals surface area (Å²) in [4.78, 5) is 11.0. The molecule has 4 N–H and O–H groups in total. The maximum atomic E-state index is 13.1. The van der Waals surface area contributed by atoms with Crippen LogP contribution >= 0.6 is 0 Å². The molecule has 0 unspecified atom stereocenters. The van der Waals surface area contributed by atoms with Crippen LogP contribution in [0.4, 0.5) is 33.7 Å². The summed E-state index contributed by atoms with van der Waals surface area (Å²) in [5, 5.41) is 3.43. The van der Waals surface area contributed by atoms with Crippen LogP contribution in [0.25, 0.3) is 0 Å². The van der Waals surface area contributed by atoms with E-state index in [2.05, 4.69) is 0 Å². The van der Waals surface area contributed by atoms with Crippen molar-refractivity contribution in [3.63, 3.8) is 0 Å². The Labute approximate surface area is 93.8 Å². The van der Waals surface area contributed by atoms with Gasteiger partial charge in [-0.1, -0.05) is 6.07 Å². The number of halogens is 4. The third kappa shape index (κ3) is 4.17. The number of nitrogen functional groups attached to an aromatic ring is 1. The molecule has 0 bridgehead atoms. The largest absolute Gasteiger partial charge is 0.405 e. The molecule has 0 fully saturated rings. The lowest BCUT2D eigenvalue weighted by atomic mass is 10.2. The zero-order valence-corrected chi connectivity index (χ0v) is 8.44. The van der Waals surface area contributed by atoms with Crippen LogP contribution in [0.1, 0.15) is 0 Å². The molecule has 4 nitrogen and oxygen atoms in total. The summed E-state index contributed by atoms with van der Waals surface area (Å²) in [5.41, 5.74) is 4.92. The van der Waals surface area contributed by atoms with Gasteiger partial charge in [-0.25, -0.2) is 9.18 Å². The van der Waals surface area contributed by atoms with Crippen LogP contribution in [0.15, 0.2) is 18.2 Å². The van der Waals surface area contributed by atoms with E-state index >= 15 is 0 Å². The first kappa shape index (κ1) is 13.1. The van der Waals surface area contributed by atoms with Crippen molar-refractivity contribution >= 4 is 17.4 Å². The van der Waals surface area contributed by atoms with Crippen molar-refractivity contribution < 1.29 is 22.4 Å². The van der Waals surface area contributed by atoms with Crippen LogP contribution in [-0.2, 0) is 0 Å². The molecule has 0 spiro atoms. The van der Waals surface area contributed by atoms with E-state index in [1.54, 1.807) is 0 Å². The van der Waals surface area contributed by atoms with Crippen LogP contribution in [0.5, 0.6) is 0 Å². The highest BCUT2D eigenvalue weighted by Crippen LogP contribution is 2.21. The fourth-order valence-corrected chi connectivity index (χ4v) is 1.01. The van der Waals surface area contributed by atoms with Gasteiger partial charge in [-0.15, -0.1) is 0 Å². The first-order valence-electron chi connectivity index (χ1n) is 4.45. The maximum absolute atomic E-state index is 13.1. The van der Waals surface area contributed by atoms with Crippen molar-refractivity contribution in [2.24, 2.45) is 0 Å². The normalized spacial score (nSPS) is 11.1. The predicted molar refractivity (Wildman–Crippen MR) is 53.9 cm³/mol. The second-order valence-corrected chi connectivity index (χ2v) is 3.13. The van der Waals surface area contributed by atoms with Gasteiger partial charge in [0, 0.05) is 0 Å². The third-order valence-corrected chi connectivity index (χ3v) is 1.73. The van der Waals surface area contributed by atoms with Crippen molar-refractivity contribution in [2.45, 2.75) is 6.18 Å². The van der Waals surface area contributed by atoms with E-state index in [0.717, 1.165) is 6.07 Å². The Hall–Kier alpha value is -1.99. The molecule has 1 rings (SSSR count). The van der Waals surface area contributed by atoms with Crippen LogP contribution in [0.2, 0.25) is 0 Å². The Balaban J connectivity index is 2.63. The van der Waals surface area contributed by atoms with Gasteiger partial charge in [-0.2, -0.15) is 13.2 Å². The Morgan fingerprint density at radius 1 is 1.35 bits per heavy atom. The van der Waals surface area contributed by atoms with Gasteiger partial charge < -0.3 is 16.4 Å². The van der Waals surface area contributed by atoms with E-state index < -0.39 is 24.6 Å². The molecule has 2 amide bonds. The fourth-order valence-electron chi connectivity index (χ4n) is 1.01. The lowest BCUT2D eigenvalue weighted by molar-refractivity contribution is -0.122. The summed E-state index contributed by atoms with van der Waals surface area (Å²) in [5.74, 6) is -0.827. The van der Waals surface area contributed by atoms with Crippen molar-refractivity contribution in [1.82, 2.24) is 5.32 Å². The Kier molecular flexibility index (Phi) is 3.77. The number of hydrogen-bond acceptors (Lipinski definition) is 2. The number of rotatable bonds is 2. The fraction of sp³-hybridized carbons (Fsp3) is 0.222. The van der Waals surface area contributed by atoms with E-state index in [0.29, 0.717) is 0 Å². The van der Waals surface area contributed by atoms with Crippen molar-refractivity contribution in [2.75, 3.05) is 17.6 Å². The number of carbonyl (C=O) groups excluding carboxylic acids is 1. The molecule has 0 heterocycles. The Morgan fingerprint density at radius 2 is 2.00 bits per heavy atom. The lowest BCUT2D eigenvalue weighted by Crippen LogP contribution is -2.36. The molecule has 0 saturated heterocycles. The van der Waals surface area contributed by atoms with Gasteiger partial charge >= 0.3 is 12.2 Å².